The van der Waals surface area contributed by atoms with Crippen LogP contribution in [-0.4, -0.2) is 140 Å². The largest absolute Gasteiger partial charge is 0.394 e. The van der Waals surface area contributed by atoms with Crippen LogP contribution < -0.4 is 5.32 Å². The van der Waals surface area contributed by atoms with Crippen LogP contribution in [-0.2, 0) is 23.7 Å². The summed E-state index contributed by atoms with van der Waals surface area (Å²) in [7, 11) is 0. The molecule has 2 aliphatic heterocycles. The van der Waals surface area contributed by atoms with Crippen molar-refractivity contribution in [1.29, 1.82) is 0 Å². The van der Waals surface area contributed by atoms with Crippen LogP contribution in [0, 0.1) is 0 Å². The molecule has 0 radical (unpaired) electrons. The zero-order valence-electron chi connectivity index (χ0n) is 59.3. The lowest BCUT2D eigenvalue weighted by atomic mass is 9.97. The van der Waals surface area contributed by atoms with Gasteiger partial charge in [-0.15, -0.1) is 0 Å². The van der Waals surface area contributed by atoms with Gasteiger partial charge in [0.2, 0.25) is 5.91 Å². The smallest absolute Gasteiger partial charge is 0.220 e. The van der Waals surface area contributed by atoms with Crippen LogP contribution in [0.15, 0.2) is 36.5 Å². The first-order chi connectivity index (χ1) is 45.1. The predicted molar refractivity (Wildman–Crippen MR) is 378 cm³/mol. The number of carbonyl (C=O) groups is 1. The Hall–Kier alpha value is -1.79. The molecule has 2 saturated heterocycles. The Kier molecular flexibility index (Phi) is 58.8. The van der Waals surface area contributed by atoms with Crippen molar-refractivity contribution >= 4 is 5.91 Å². The lowest BCUT2D eigenvalue weighted by molar-refractivity contribution is -0.359. The predicted octanol–water partition coefficient (Wildman–Crippen LogP) is 17.2. The summed E-state index contributed by atoms with van der Waals surface area (Å²) in [5.74, 6) is -0.245. The van der Waals surface area contributed by atoms with Crippen LogP contribution in [0.2, 0.25) is 0 Å². The zero-order chi connectivity index (χ0) is 66.6. The Morgan fingerprint density at radius 2 is 0.696 bits per heavy atom. The summed E-state index contributed by atoms with van der Waals surface area (Å²) < 4.78 is 22.9. The molecule has 92 heavy (non-hydrogen) atoms. The number of carbonyl (C=O) groups excluding carboxylic acids is 1. The first kappa shape index (κ1) is 86.3. The molecule has 0 bridgehead atoms. The van der Waals surface area contributed by atoms with Crippen LogP contribution >= 0.6 is 0 Å². The van der Waals surface area contributed by atoms with Crippen LogP contribution in [0.4, 0.5) is 0 Å². The number of allylic oxidation sites excluding steroid dienone is 5. The van der Waals surface area contributed by atoms with E-state index in [0.717, 1.165) is 44.9 Å². The summed E-state index contributed by atoms with van der Waals surface area (Å²) in [6, 6.07) is -0.938. The number of amides is 1. The molecule has 0 aromatic carbocycles. The van der Waals surface area contributed by atoms with Crippen molar-refractivity contribution in [3.63, 3.8) is 0 Å². The van der Waals surface area contributed by atoms with Crippen molar-refractivity contribution < 1.29 is 64.6 Å². The molecule has 2 aliphatic rings. The van der Waals surface area contributed by atoms with E-state index < -0.39 is 86.8 Å². The molecule has 0 saturated carbocycles. The summed E-state index contributed by atoms with van der Waals surface area (Å²) in [6.07, 6.45) is 65.2. The van der Waals surface area contributed by atoms with E-state index in [1.807, 2.05) is 6.08 Å². The summed E-state index contributed by atoms with van der Waals surface area (Å²) in [5, 5.41) is 87.6. The molecular formula is C78H147NO13. The minimum atomic E-state index is -1.79. The zero-order valence-corrected chi connectivity index (χ0v) is 59.3. The van der Waals surface area contributed by atoms with E-state index >= 15 is 0 Å². The number of aliphatic hydroxyl groups is 8. The molecule has 1 amide bonds. The lowest BCUT2D eigenvalue weighted by Crippen LogP contribution is -2.65. The van der Waals surface area contributed by atoms with Gasteiger partial charge < -0.3 is 65.1 Å². The van der Waals surface area contributed by atoms with Gasteiger partial charge >= 0.3 is 0 Å². The molecule has 9 N–H and O–H groups in total. The summed E-state index contributed by atoms with van der Waals surface area (Å²) in [4.78, 5) is 13.4. The van der Waals surface area contributed by atoms with E-state index in [-0.39, 0.29) is 18.9 Å². The Labute approximate surface area is 563 Å². The van der Waals surface area contributed by atoms with Crippen molar-refractivity contribution in [2.75, 3.05) is 19.8 Å². The van der Waals surface area contributed by atoms with Gasteiger partial charge in [0.1, 0.15) is 48.8 Å². The van der Waals surface area contributed by atoms with E-state index in [2.05, 4.69) is 43.5 Å². The number of aliphatic hydroxyl groups excluding tert-OH is 8. The van der Waals surface area contributed by atoms with Gasteiger partial charge in [0.05, 0.1) is 32.0 Å². The first-order valence-corrected chi connectivity index (χ1v) is 39.2. The van der Waals surface area contributed by atoms with Gasteiger partial charge in [0, 0.05) is 6.42 Å². The molecule has 12 unspecified atom stereocenters. The number of hydrogen-bond donors (Lipinski definition) is 9. The Bertz CT molecular complexity index is 1680. The third-order valence-corrected chi connectivity index (χ3v) is 19.3. The maximum absolute atomic E-state index is 13.4. The van der Waals surface area contributed by atoms with Gasteiger partial charge in [-0.1, -0.05) is 346 Å². The van der Waals surface area contributed by atoms with E-state index in [0.29, 0.717) is 12.8 Å². The number of hydrogen-bond acceptors (Lipinski definition) is 13. The Morgan fingerprint density at radius 3 is 1.07 bits per heavy atom. The average molecular weight is 1310 g/mol. The highest BCUT2D eigenvalue weighted by atomic mass is 16.7. The van der Waals surface area contributed by atoms with E-state index in [9.17, 15) is 45.6 Å². The number of ether oxygens (including phenoxy) is 4. The molecule has 0 aliphatic carbocycles. The van der Waals surface area contributed by atoms with Crippen LogP contribution in [0.5, 0.6) is 0 Å². The molecule has 0 spiro atoms. The molecule has 2 rings (SSSR count). The third kappa shape index (κ3) is 45.7. The monoisotopic (exact) mass is 1310 g/mol. The second-order valence-corrected chi connectivity index (χ2v) is 27.8. The number of unbranched alkanes of at least 4 members (excludes halogenated alkanes) is 49. The molecule has 2 heterocycles. The van der Waals surface area contributed by atoms with Gasteiger partial charge in [0.15, 0.2) is 12.6 Å². The fourth-order valence-electron chi connectivity index (χ4n) is 13.1. The van der Waals surface area contributed by atoms with E-state index in [1.54, 1.807) is 6.08 Å². The number of nitrogens with one attached hydrogen (secondary N) is 1. The average Bonchev–Trinajstić information content (AvgIpc) is 0.850. The van der Waals surface area contributed by atoms with Gasteiger partial charge in [-0.2, -0.15) is 0 Å². The van der Waals surface area contributed by atoms with Crippen molar-refractivity contribution in [2.45, 2.75) is 434 Å². The summed E-state index contributed by atoms with van der Waals surface area (Å²) in [6.45, 7) is 2.84. The molecular weight excluding hydrogens is 1160 g/mol. The van der Waals surface area contributed by atoms with Crippen LogP contribution in [0.25, 0.3) is 0 Å². The quantitative estimate of drug-likeness (QED) is 0.0204. The molecule has 12 atom stereocenters. The molecule has 14 nitrogen and oxygen atoms in total. The summed E-state index contributed by atoms with van der Waals surface area (Å²) in [5.41, 5.74) is 0. The maximum atomic E-state index is 13.4. The molecule has 2 fully saturated rings. The van der Waals surface area contributed by atoms with Crippen molar-refractivity contribution in [3.05, 3.63) is 36.5 Å². The Morgan fingerprint density at radius 1 is 0.380 bits per heavy atom. The fourth-order valence-corrected chi connectivity index (χ4v) is 13.1. The molecule has 0 aromatic heterocycles. The minimum Gasteiger partial charge on any atom is -0.394 e. The molecule has 542 valence electrons. The highest BCUT2D eigenvalue weighted by Crippen LogP contribution is 2.30. The fraction of sp³-hybridized carbons (Fsp3) is 0.910. The minimum absolute atomic E-state index is 0.245. The topological polar surface area (TPSA) is 228 Å². The van der Waals surface area contributed by atoms with Gasteiger partial charge in [-0.3, -0.25) is 4.79 Å². The highest BCUT2D eigenvalue weighted by Gasteiger charge is 2.51. The van der Waals surface area contributed by atoms with Crippen molar-refractivity contribution in [2.24, 2.45) is 0 Å². The third-order valence-electron chi connectivity index (χ3n) is 19.3. The summed E-state index contributed by atoms with van der Waals surface area (Å²) >= 11 is 0. The van der Waals surface area contributed by atoms with E-state index in [4.69, 9.17) is 18.9 Å². The van der Waals surface area contributed by atoms with E-state index in [1.165, 1.54) is 283 Å². The number of rotatable bonds is 66. The van der Waals surface area contributed by atoms with Gasteiger partial charge in [0.25, 0.3) is 0 Å². The normalized spacial score (nSPS) is 22.8. The van der Waals surface area contributed by atoms with Gasteiger partial charge in [-0.25, -0.2) is 0 Å². The van der Waals surface area contributed by atoms with Crippen LogP contribution in [0.3, 0.4) is 0 Å². The van der Waals surface area contributed by atoms with Crippen molar-refractivity contribution in [3.8, 4) is 0 Å². The Balaban J connectivity index is 1.65. The van der Waals surface area contributed by atoms with Gasteiger partial charge in [-0.05, 0) is 44.9 Å². The second kappa shape index (κ2) is 62.7. The van der Waals surface area contributed by atoms with Crippen LogP contribution in [0.1, 0.15) is 361 Å². The maximum Gasteiger partial charge on any atom is 0.220 e. The SMILES string of the molecule is CCCCCCCCCCCCCCCCCCCCCCC/C=C/CC/C=C/CC/C=C/C(O)C(COC1OC(CO)C(OC2OC(CO)C(O)C(O)C2O)C(O)C1O)NC(=O)CCCCCCCCCCCCCCCCCCCCCCCCCCCCC. The van der Waals surface area contributed by atoms with Crippen molar-refractivity contribution in [1.82, 2.24) is 5.32 Å². The first-order valence-electron chi connectivity index (χ1n) is 39.2. The molecule has 14 heteroatoms. The highest BCUT2D eigenvalue weighted by molar-refractivity contribution is 5.76. The molecule has 0 aromatic rings. The second-order valence-electron chi connectivity index (χ2n) is 27.8. The lowest BCUT2D eigenvalue weighted by Gasteiger charge is -2.46. The standard InChI is InChI=1S/C78H147NO13/c1-3-5-7-9-11-13-15-17-19-21-23-25-27-29-31-32-33-34-36-37-39-41-43-45-47-49-51-53-55-57-59-61-67(82)66(65-89-77-75(88)73(86)76(69(64-81)91-77)92-78-74(87)72(85)71(84)68(63-80)90-78)79-70(83)62-60-58-56-54-52-50-48-46-44-42-40-38-35-30-28-26-24-22-20-18-16-14-12-10-8-6-4-2/h43,45,51,53,59,61,66-69,71-78,80-82,84-88H,3-42,44,46-50,52,54-58,60,62-65H2,1-2H3,(H,79,83)/b45-43+,53-51+,61-59+.